The summed E-state index contributed by atoms with van der Waals surface area (Å²) in [5.41, 5.74) is 2.53. The summed E-state index contributed by atoms with van der Waals surface area (Å²) in [6, 6.07) is 13.3. The Morgan fingerprint density at radius 1 is 1.13 bits per heavy atom. The van der Waals surface area contributed by atoms with Gasteiger partial charge in [0, 0.05) is 21.2 Å². The summed E-state index contributed by atoms with van der Waals surface area (Å²) in [5, 5.41) is 13.5. The van der Waals surface area contributed by atoms with Gasteiger partial charge in [0.1, 0.15) is 17.6 Å². The summed E-state index contributed by atoms with van der Waals surface area (Å²) in [6.45, 7) is 3.65. The number of carbonyl (C=O) groups is 2. The summed E-state index contributed by atoms with van der Waals surface area (Å²) in [6.07, 6.45) is 0. The number of rotatable bonds is 4. The number of anilines is 1. The molecule has 0 bridgehead atoms. The van der Waals surface area contributed by atoms with Gasteiger partial charge in [-0.15, -0.1) is 11.3 Å². The predicted octanol–water partition coefficient (Wildman–Crippen LogP) is 5.65. The Morgan fingerprint density at radius 3 is 2.55 bits per heavy atom. The summed E-state index contributed by atoms with van der Waals surface area (Å²) in [7, 11) is 1.57. The van der Waals surface area contributed by atoms with Crippen molar-refractivity contribution in [3.05, 3.63) is 86.1 Å². The van der Waals surface area contributed by atoms with Gasteiger partial charge >= 0.3 is 0 Å². The molecule has 3 aromatic rings. The van der Waals surface area contributed by atoms with Gasteiger partial charge < -0.3 is 9.84 Å². The van der Waals surface area contributed by atoms with Crippen molar-refractivity contribution in [2.24, 2.45) is 0 Å². The minimum absolute atomic E-state index is 0.0522. The van der Waals surface area contributed by atoms with Crippen molar-refractivity contribution in [2.45, 2.75) is 19.9 Å². The molecule has 5 nitrogen and oxygen atoms in total. The van der Waals surface area contributed by atoms with E-state index in [-0.39, 0.29) is 11.3 Å². The second-order valence-corrected chi connectivity index (χ2v) is 8.64. The molecule has 1 aliphatic heterocycles. The van der Waals surface area contributed by atoms with Gasteiger partial charge in [0.15, 0.2) is 0 Å². The summed E-state index contributed by atoms with van der Waals surface area (Å²) in [4.78, 5) is 28.5. The zero-order chi connectivity index (χ0) is 22.3. The molecule has 0 radical (unpaired) electrons. The van der Waals surface area contributed by atoms with Crippen molar-refractivity contribution in [1.29, 1.82) is 0 Å². The number of ketones is 1. The first-order valence-corrected chi connectivity index (χ1v) is 10.9. The molecule has 1 atom stereocenters. The molecule has 1 saturated heterocycles. The van der Waals surface area contributed by atoms with E-state index in [4.69, 9.17) is 16.3 Å². The Bertz CT molecular complexity index is 1220. The quantitative estimate of drug-likeness (QED) is 0.315. The number of nitrogens with zero attached hydrogens (tertiary/aromatic N) is 1. The standard InChI is InChI=1S/C24H20ClNO4S/c1-13-12-15(9-10-18(13)30-3)22(27)20-21(19-8-5-11-31-19)26(24(29)23(20)28)17-7-4-6-16(25)14(17)2/h4-12,21,27H,1-3H3/b22-20-. The van der Waals surface area contributed by atoms with E-state index in [2.05, 4.69) is 0 Å². The maximum atomic E-state index is 13.2. The van der Waals surface area contributed by atoms with E-state index >= 15 is 0 Å². The predicted molar refractivity (Wildman–Crippen MR) is 123 cm³/mol. The van der Waals surface area contributed by atoms with Crippen LogP contribution in [0.4, 0.5) is 5.69 Å². The largest absolute Gasteiger partial charge is 0.507 e. The van der Waals surface area contributed by atoms with Crippen LogP contribution in [0.5, 0.6) is 5.75 Å². The number of benzene rings is 2. The number of methoxy groups -OCH3 is 1. The Hall–Kier alpha value is -3.09. The molecule has 2 aromatic carbocycles. The summed E-state index contributed by atoms with van der Waals surface area (Å²) >= 11 is 7.71. The molecule has 1 aliphatic rings. The minimum atomic E-state index is -0.750. The highest BCUT2D eigenvalue weighted by Crippen LogP contribution is 2.45. The van der Waals surface area contributed by atoms with Crippen molar-refractivity contribution in [3.63, 3.8) is 0 Å². The zero-order valence-electron chi connectivity index (χ0n) is 17.2. The molecule has 2 heterocycles. The molecule has 158 valence electrons. The van der Waals surface area contributed by atoms with Gasteiger partial charge in [-0.25, -0.2) is 0 Å². The van der Waals surface area contributed by atoms with Crippen molar-refractivity contribution in [3.8, 4) is 5.75 Å². The summed E-state index contributed by atoms with van der Waals surface area (Å²) < 4.78 is 5.28. The normalized spacial score (nSPS) is 17.9. The number of halogens is 1. The number of hydrogen-bond acceptors (Lipinski definition) is 5. The van der Waals surface area contributed by atoms with Gasteiger partial charge in [0.05, 0.1) is 12.7 Å². The molecule has 1 amide bonds. The first-order valence-electron chi connectivity index (χ1n) is 9.59. The number of thiophene rings is 1. The number of ether oxygens (including phenoxy) is 1. The Balaban J connectivity index is 1.94. The van der Waals surface area contributed by atoms with Crippen molar-refractivity contribution in [2.75, 3.05) is 12.0 Å². The lowest BCUT2D eigenvalue weighted by molar-refractivity contribution is -0.132. The fourth-order valence-corrected chi connectivity index (χ4v) is 4.83. The van der Waals surface area contributed by atoms with E-state index in [1.807, 2.05) is 24.4 Å². The maximum Gasteiger partial charge on any atom is 0.300 e. The Kier molecular flexibility index (Phi) is 5.60. The minimum Gasteiger partial charge on any atom is -0.507 e. The van der Waals surface area contributed by atoms with Crippen molar-refractivity contribution in [1.82, 2.24) is 0 Å². The van der Waals surface area contributed by atoms with Gasteiger partial charge in [0.2, 0.25) is 0 Å². The zero-order valence-corrected chi connectivity index (χ0v) is 18.8. The van der Waals surface area contributed by atoms with Gasteiger partial charge in [-0.2, -0.15) is 0 Å². The molecule has 1 unspecified atom stereocenters. The lowest BCUT2D eigenvalue weighted by Crippen LogP contribution is -2.29. The summed E-state index contributed by atoms with van der Waals surface area (Å²) in [5.74, 6) is -0.981. The van der Waals surface area contributed by atoms with Gasteiger partial charge in [-0.05, 0) is 66.8 Å². The van der Waals surface area contributed by atoms with Crippen LogP contribution < -0.4 is 9.64 Å². The highest BCUT2D eigenvalue weighted by atomic mass is 35.5. The molecule has 4 rings (SSSR count). The SMILES string of the molecule is COc1ccc(/C(O)=C2/C(=O)C(=O)N(c3cccc(Cl)c3C)C2c2cccs2)cc1C. The molecule has 7 heteroatoms. The maximum absolute atomic E-state index is 13.2. The molecule has 0 saturated carbocycles. The molecule has 0 spiro atoms. The fourth-order valence-electron chi connectivity index (χ4n) is 3.84. The number of aliphatic hydroxyl groups excluding tert-OH is 1. The van der Waals surface area contributed by atoms with E-state index in [9.17, 15) is 14.7 Å². The number of carbonyl (C=O) groups excluding carboxylic acids is 2. The Labute approximate surface area is 189 Å². The molecule has 0 aliphatic carbocycles. The van der Waals surface area contributed by atoms with Crippen LogP contribution in [0.3, 0.4) is 0 Å². The van der Waals surface area contributed by atoms with E-state index < -0.39 is 17.7 Å². The number of aryl methyl sites for hydroxylation is 1. The van der Waals surface area contributed by atoms with Crippen LogP contribution in [0.2, 0.25) is 5.02 Å². The fraction of sp³-hybridized carbons (Fsp3) is 0.167. The van der Waals surface area contributed by atoms with E-state index in [1.54, 1.807) is 50.4 Å². The lowest BCUT2D eigenvalue weighted by atomic mass is 9.98. The smallest absolute Gasteiger partial charge is 0.300 e. The van der Waals surface area contributed by atoms with Gasteiger partial charge in [-0.3, -0.25) is 14.5 Å². The average molecular weight is 454 g/mol. The van der Waals surface area contributed by atoms with Crippen LogP contribution in [0, 0.1) is 13.8 Å². The highest BCUT2D eigenvalue weighted by molar-refractivity contribution is 7.10. The number of hydrogen-bond donors (Lipinski definition) is 1. The van der Waals surface area contributed by atoms with Crippen LogP contribution in [0.1, 0.15) is 27.6 Å². The van der Waals surface area contributed by atoms with E-state index in [1.165, 1.54) is 16.2 Å². The van der Waals surface area contributed by atoms with Gasteiger partial charge in [0.25, 0.3) is 11.7 Å². The second-order valence-electron chi connectivity index (χ2n) is 7.25. The van der Waals surface area contributed by atoms with Gasteiger partial charge in [-0.1, -0.05) is 23.7 Å². The molecular formula is C24H20ClNO4S. The van der Waals surface area contributed by atoms with Crippen LogP contribution in [0.25, 0.3) is 5.76 Å². The third kappa shape index (κ3) is 3.52. The first-order chi connectivity index (χ1) is 14.8. The topological polar surface area (TPSA) is 66.8 Å². The monoisotopic (exact) mass is 453 g/mol. The van der Waals surface area contributed by atoms with Crippen LogP contribution in [-0.2, 0) is 9.59 Å². The third-order valence-corrected chi connectivity index (χ3v) is 6.76. The molecule has 1 fully saturated rings. The third-order valence-electron chi connectivity index (χ3n) is 5.42. The molecule has 1 aromatic heterocycles. The van der Waals surface area contributed by atoms with Crippen LogP contribution >= 0.6 is 22.9 Å². The van der Waals surface area contributed by atoms with E-state index in [0.29, 0.717) is 27.6 Å². The first kappa shape index (κ1) is 21.2. The van der Waals surface area contributed by atoms with Crippen LogP contribution in [-0.4, -0.2) is 23.9 Å². The number of Topliss-reactive ketones (excluding diaryl/α,β-unsaturated/α-hetero) is 1. The van der Waals surface area contributed by atoms with Crippen molar-refractivity contribution < 1.29 is 19.4 Å². The van der Waals surface area contributed by atoms with E-state index in [0.717, 1.165) is 10.4 Å². The number of aliphatic hydroxyl groups is 1. The molecule has 1 N–H and O–H groups in total. The molecule has 31 heavy (non-hydrogen) atoms. The number of amides is 1. The second kappa shape index (κ2) is 8.21. The van der Waals surface area contributed by atoms with Crippen LogP contribution in [0.15, 0.2) is 59.5 Å². The molecular weight excluding hydrogens is 434 g/mol. The average Bonchev–Trinajstić information content (AvgIpc) is 3.37. The highest BCUT2D eigenvalue weighted by Gasteiger charge is 2.47. The van der Waals surface area contributed by atoms with Crippen molar-refractivity contribution >= 4 is 46.1 Å². The lowest BCUT2D eigenvalue weighted by Gasteiger charge is -2.26. The Morgan fingerprint density at radius 2 is 1.90 bits per heavy atom.